The minimum atomic E-state index is -2.13. The molecule has 3 rings (SSSR count). The first-order valence-electron chi connectivity index (χ1n) is 12.8. The quantitative estimate of drug-likeness (QED) is 0.105. The predicted molar refractivity (Wildman–Crippen MR) is 154 cm³/mol. The third-order valence-corrected chi connectivity index (χ3v) is 6.85. The number of allylic oxidation sites excluding steroid dienone is 6. The lowest BCUT2D eigenvalue weighted by atomic mass is 9.91. The number of carbonyl (C=O) groups is 3. The number of rotatable bonds is 12. The van der Waals surface area contributed by atoms with E-state index in [4.69, 9.17) is 0 Å². The third-order valence-electron chi connectivity index (χ3n) is 6.85. The van der Waals surface area contributed by atoms with E-state index in [0.717, 1.165) is 0 Å². The SMILES string of the molecule is Br.O=C(NCCN(CCNC(=O)C1(O)C=CC=CC1O)CCNC(=O)C1(O)C=CC=CC1O)C1(O)C=CC=CC1O. The molecule has 9 N–H and O–H groups in total. The molecule has 0 aliphatic heterocycles. The zero-order chi connectivity index (χ0) is 29.4. The van der Waals surface area contributed by atoms with Crippen LogP contribution in [-0.4, -0.2) is 128 Å². The maximum atomic E-state index is 12.5. The topological polar surface area (TPSA) is 212 Å². The van der Waals surface area contributed by atoms with Gasteiger partial charge in [0.2, 0.25) is 0 Å². The Labute approximate surface area is 247 Å². The molecule has 0 aromatic heterocycles. The normalized spacial score (nSPS) is 31.5. The number of nitrogens with zero attached hydrogens (tertiary/aromatic N) is 1. The highest BCUT2D eigenvalue weighted by atomic mass is 79.9. The number of hydrogen-bond acceptors (Lipinski definition) is 10. The van der Waals surface area contributed by atoms with Crippen LogP contribution in [0.4, 0.5) is 0 Å². The van der Waals surface area contributed by atoms with E-state index in [9.17, 15) is 45.0 Å². The standard InChI is InChI=1S/C27H36N4O9.BrH/c32-19-7-1-4-10-25(19,38)22(35)28-13-16-31(17-14-29-23(36)26(39)11-5-2-8-20(26)33)18-15-30-24(37)27(40)12-6-3-9-21(27)34;/h1-12,19-21,32-34,38-40H,13-18H2,(H,28,35)(H,29,36)(H,30,37);1H. The highest BCUT2D eigenvalue weighted by Crippen LogP contribution is 2.20. The fourth-order valence-corrected chi connectivity index (χ4v) is 4.22. The fourth-order valence-electron chi connectivity index (χ4n) is 4.22. The van der Waals surface area contributed by atoms with Crippen LogP contribution in [0.25, 0.3) is 0 Å². The van der Waals surface area contributed by atoms with Gasteiger partial charge in [-0.25, -0.2) is 0 Å². The second-order valence-electron chi connectivity index (χ2n) is 9.65. The second-order valence-corrected chi connectivity index (χ2v) is 9.65. The van der Waals surface area contributed by atoms with Crippen molar-refractivity contribution < 1.29 is 45.0 Å². The number of amides is 3. The first kappa shape index (κ1) is 34.3. The van der Waals surface area contributed by atoms with Gasteiger partial charge in [-0.05, 0) is 18.2 Å². The predicted octanol–water partition coefficient (Wildman–Crippen LogP) is -3.13. The van der Waals surface area contributed by atoms with Crippen molar-refractivity contribution in [1.29, 1.82) is 0 Å². The lowest BCUT2D eigenvalue weighted by Gasteiger charge is -2.31. The summed E-state index contributed by atoms with van der Waals surface area (Å²) in [6.45, 7) is 0.649. The summed E-state index contributed by atoms with van der Waals surface area (Å²) in [6.07, 6.45) is 11.9. The van der Waals surface area contributed by atoms with Crippen molar-refractivity contribution in [2.75, 3.05) is 39.3 Å². The summed E-state index contributed by atoms with van der Waals surface area (Å²) in [7, 11) is 0. The van der Waals surface area contributed by atoms with Crippen LogP contribution in [0.1, 0.15) is 0 Å². The highest BCUT2D eigenvalue weighted by molar-refractivity contribution is 8.93. The van der Waals surface area contributed by atoms with Crippen LogP contribution >= 0.6 is 17.0 Å². The molecule has 0 aromatic rings. The summed E-state index contributed by atoms with van der Waals surface area (Å²) < 4.78 is 0. The van der Waals surface area contributed by atoms with Crippen LogP contribution in [0.15, 0.2) is 72.9 Å². The summed E-state index contributed by atoms with van der Waals surface area (Å²) in [5.41, 5.74) is -6.38. The van der Waals surface area contributed by atoms with Crippen LogP contribution in [-0.2, 0) is 14.4 Å². The van der Waals surface area contributed by atoms with Gasteiger partial charge in [0.15, 0.2) is 16.8 Å². The van der Waals surface area contributed by atoms with E-state index in [1.165, 1.54) is 72.9 Å². The van der Waals surface area contributed by atoms with Crippen LogP contribution in [0.2, 0.25) is 0 Å². The monoisotopic (exact) mass is 640 g/mol. The summed E-state index contributed by atoms with van der Waals surface area (Å²) in [6, 6.07) is 0. The van der Waals surface area contributed by atoms with Gasteiger partial charge in [-0.2, -0.15) is 0 Å². The molecule has 3 aliphatic rings. The van der Waals surface area contributed by atoms with Crippen LogP contribution in [0.5, 0.6) is 0 Å². The smallest absolute Gasteiger partial charge is 0.259 e. The number of carbonyl (C=O) groups excluding carboxylic acids is 3. The van der Waals surface area contributed by atoms with Crippen molar-refractivity contribution in [3.05, 3.63) is 72.9 Å². The van der Waals surface area contributed by atoms with Crippen LogP contribution < -0.4 is 16.0 Å². The zero-order valence-electron chi connectivity index (χ0n) is 22.2. The first-order chi connectivity index (χ1) is 18.9. The zero-order valence-corrected chi connectivity index (χ0v) is 23.9. The number of hydrogen-bond donors (Lipinski definition) is 9. The van der Waals surface area contributed by atoms with E-state index in [1.54, 1.807) is 4.90 Å². The fraction of sp³-hybridized carbons (Fsp3) is 0.444. The van der Waals surface area contributed by atoms with Crippen molar-refractivity contribution in [2.24, 2.45) is 0 Å². The summed E-state index contributed by atoms with van der Waals surface area (Å²) in [5.74, 6) is -2.45. The van der Waals surface area contributed by atoms with E-state index in [0.29, 0.717) is 0 Å². The Hall–Kier alpha value is -2.95. The van der Waals surface area contributed by atoms with Crippen molar-refractivity contribution in [3.8, 4) is 0 Å². The largest absolute Gasteiger partial charge is 0.385 e. The molecule has 14 heteroatoms. The molecule has 0 spiro atoms. The molecule has 6 atom stereocenters. The molecule has 0 saturated heterocycles. The Morgan fingerprint density at radius 2 is 0.829 bits per heavy atom. The molecule has 0 heterocycles. The molecular formula is C27H37BrN4O9. The molecule has 0 fully saturated rings. The Morgan fingerprint density at radius 3 is 1.07 bits per heavy atom. The van der Waals surface area contributed by atoms with E-state index < -0.39 is 52.8 Å². The van der Waals surface area contributed by atoms with Gasteiger partial charge in [0.1, 0.15) is 18.3 Å². The number of aliphatic hydroxyl groups is 6. The van der Waals surface area contributed by atoms with Gasteiger partial charge < -0.3 is 46.6 Å². The minimum absolute atomic E-state index is 0. The third kappa shape index (κ3) is 8.08. The Bertz CT molecular complexity index is 1000. The molecule has 0 radical (unpaired) electrons. The maximum absolute atomic E-state index is 12.5. The van der Waals surface area contributed by atoms with Gasteiger partial charge in [0.25, 0.3) is 17.7 Å². The lowest BCUT2D eigenvalue weighted by Crippen LogP contribution is -2.56. The number of nitrogens with one attached hydrogen (secondary N) is 3. The van der Waals surface area contributed by atoms with Crippen molar-refractivity contribution in [2.45, 2.75) is 35.1 Å². The van der Waals surface area contributed by atoms with Gasteiger partial charge in [-0.1, -0.05) is 54.7 Å². The van der Waals surface area contributed by atoms with Crippen LogP contribution in [0.3, 0.4) is 0 Å². The molecule has 41 heavy (non-hydrogen) atoms. The van der Waals surface area contributed by atoms with E-state index in [-0.39, 0.29) is 56.2 Å². The average molecular weight is 642 g/mol. The Kier molecular flexibility index (Phi) is 12.4. The van der Waals surface area contributed by atoms with Gasteiger partial charge >= 0.3 is 0 Å². The van der Waals surface area contributed by atoms with E-state index in [1.807, 2.05) is 0 Å². The Morgan fingerprint density at radius 1 is 0.561 bits per heavy atom. The first-order valence-corrected chi connectivity index (χ1v) is 12.8. The Balaban J connectivity index is 0.00000588. The van der Waals surface area contributed by atoms with E-state index >= 15 is 0 Å². The van der Waals surface area contributed by atoms with Crippen LogP contribution in [0, 0.1) is 0 Å². The molecular weight excluding hydrogens is 604 g/mol. The lowest BCUT2D eigenvalue weighted by molar-refractivity contribution is -0.142. The van der Waals surface area contributed by atoms with Crippen molar-refractivity contribution >= 4 is 34.7 Å². The molecule has 3 amide bonds. The molecule has 13 nitrogen and oxygen atoms in total. The second kappa shape index (κ2) is 14.8. The number of aliphatic hydroxyl groups excluding tert-OH is 3. The maximum Gasteiger partial charge on any atom is 0.259 e. The van der Waals surface area contributed by atoms with Crippen molar-refractivity contribution in [1.82, 2.24) is 20.9 Å². The molecule has 6 unspecified atom stereocenters. The van der Waals surface area contributed by atoms with Gasteiger partial charge in [0, 0.05) is 39.3 Å². The number of halogens is 1. The summed E-state index contributed by atoms with van der Waals surface area (Å²) in [5, 5.41) is 69.2. The molecule has 0 aromatic carbocycles. The summed E-state index contributed by atoms with van der Waals surface area (Å²) >= 11 is 0. The highest BCUT2D eigenvalue weighted by Gasteiger charge is 2.42. The van der Waals surface area contributed by atoms with Crippen molar-refractivity contribution in [3.63, 3.8) is 0 Å². The summed E-state index contributed by atoms with van der Waals surface area (Å²) in [4.78, 5) is 39.3. The van der Waals surface area contributed by atoms with Gasteiger partial charge in [-0.15, -0.1) is 17.0 Å². The van der Waals surface area contributed by atoms with Gasteiger partial charge in [0.05, 0.1) is 0 Å². The minimum Gasteiger partial charge on any atom is -0.385 e. The molecule has 0 bridgehead atoms. The molecule has 0 saturated carbocycles. The average Bonchev–Trinajstić information content (AvgIpc) is 2.93. The molecule has 226 valence electrons. The van der Waals surface area contributed by atoms with Gasteiger partial charge in [-0.3, -0.25) is 19.3 Å². The van der Waals surface area contributed by atoms with E-state index in [2.05, 4.69) is 16.0 Å². The molecule has 3 aliphatic carbocycles.